The first-order valence-electron chi connectivity index (χ1n) is 6.50. The number of aliphatic hydroxyl groups is 1. The Morgan fingerprint density at radius 1 is 1.43 bits per heavy atom. The van der Waals surface area contributed by atoms with Gasteiger partial charge >= 0.3 is 6.18 Å². The second-order valence-corrected chi connectivity index (χ2v) is 5.32. The number of nitrogens with zero attached hydrogens (tertiary/aromatic N) is 1. The summed E-state index contributed by atoms with van der Waals surface area (Å²) in [7, 11) is 0. The topological polar surface area (TPSA) is 71.5 Å². The van der Waals surface area contributed by atoms with Crippen molar-refractivity contribution in [3.05, 3.63) is 46.4 Å². The fourth-order valence-electron chi connectivity index (χ4n) is 1.69. The van der Waals surface area contributed by atoms with E-state index in [9.17, 15) is 23.1 Å². The zero-order valence-corrected chi connectivity index (χ0v) is 12.5. The number of thiophene rings is 1. The minimum Gasteiger partial charge on any atom is -0.482 e. The van der Waals surface area contributed by atoms with Gasteiger partial charge in [-0.05, 0) is 34.5 Å². The van der Waals surface area contributed by atoms with Crippen molar-refractivity contribution in [1.82, 2.24) is 10.3 Å². The van der Waals surface area contributed by atoms with Crippen LogP contribution in [0.4, 0.5) is 13.2 Å². The maximum atomic E-state index is 12.2. The monoisotopic (exact) mass is 346 g/mol. The smallest absolute Gasteiger partial charge is 0.422 e. The van der Waals surface area contributed by atoms with Crippen molar-refractivity contribution in [3.8, 4) is 5.75 Å². The maximum Gasteiger partial charge on any atom is 0.422 e. The predicted molar refractivity (Wildman–Crippen MR) is 77.4 cm³/mol. The second kappa shape index (κ2) is 7.42. The lowest BCUT2D eigenvalue weighted by molar-refractivity contribution is -0.153. The number of aliphatic hydroxyl groups excluding tert-OH is 1. The van der Waals surface area contributed by atoms with Crippen molar-refractivity contribution in [3.63, 3.8) is 0 Å². The fraction of sp³-hybridized carbons (Fsp3) is 0.286. The van der Waals surface area contributed by atoms with Crippen LogP contribution in [-0.2, 0) is 0 Å². The van der Waals surface area contributed by atoms with Crippen molar-refractivity contribution in [2.45, 2.75) is 12.3 Å². The Morgan fingerprint density at radius 2 is 2.22 bits per heavy atom. The van der Waals surface area contributed by atoms with E-state index in [-0.39, 0.29) is 18.0 Å². The van der Waals surface area contributed by atoms with Crippen molar-refractivity contribution in [1.29, 1.82) is 0 Å². The standard InChI is InChI=1S/C14H13F3N2O3S/c15-14(16,17)8-22-11-2-1-4-18-12(11)13(21)19-6-10(20)9-3-5-23-7-9/h1-5,7,10,20H,6,8H2,(H,19,21). The van der Waals surface area contributed by atoms with Crippen LogP contribution in [0.25, 0.3) is 0 Å². The van der Waals surface area contributed by atoms with Gasteiger partial charge in [-0.25, -0.2) is 4.98 Å². The molecule has 0 aromatic carbocycles. The molecule has 5 nitrogen and oxygen atoms in total. The van der Waals surface area contributed by atoms with E-state index in [4.69, 9.17) is 0 Å². The highest BCUT2D eigenvalue weighted by Gasteiger charge is 2.29. The molecule has 2 aromatic rings. The molecule has 2 rings (SSSR count). The molecule has 0 spiro atoms. The number of hydrogen-bond donors (Lipinski definition) is 2. The van der Waals surface area contributed by atoms with Crippen molar-refractivity contribution in [2.75, 3.05) is 13.2 Å². The predicted octanol–water partition coefficient (Wildman–Crippen LogP) is 2.55. The lowest BCUT2D eigenvalue weighted by Crippen LogP contribution is -2.30. The largest absolute Gasteiger partial charge is 0.482 e. The molecule has 0 fully saturated rings. The Kier molecular flexibility index (Phi) is 5.56. The minimum atomic E-state index is -4.52. The summed E-state index contributed by atoms with van der Waals surface area (Å²) in [4.78, 5) is 15.8. The van der Waals surface area contributed by atoms with Crippen LogP contribution in [0.2, 0.25) is 0 Å². The Labute approximate surface area is 133 Å². The Morgan fingerprint density at radius 3 is 2.87 bits per heavy atom. The molecular weight excluding hydrogens is 333 g/mol. The van der Waals surface area contributed by atoms with Crippen LogP contribution in [0.5, 0.6) is 5.75 Å². The number of aromatic nitrogens is 1. The summed E-state index contributed by atoms with van der Waals surface area (Å²) in [5.74, 6) is -0.996. The van der Waals surface area contributed by atoms with Gasteiger partial charge in [0.2, 0.25) is 0 Å². The van der Waals surface area contributed by atoms with Gasteiger partial charge in [0.15, 0.2) is 18.1 Å². The third kappa shape index (κ3) is 5.22. The highest BCUT2D eigenvalue weighted by Crippen LogP contribution is 2.21. The van der Waals surface area contributed by atoms with Gasteiger partial charge in [0.25, 0.3) is 5.91 Å². The number of alkyl halides is 3. The van der Waals surface area contributed by atoms with E-state index in [0.717, 1.165) is 0 Å². The number of nitrogens with one attached hydrogen (secondary N) is 1. The molecule has 2 aromatic heterocycles. The van der Waals surface area contributed by atoms with E-state index in [1.54, 1.807) is 16.8 Å². The van der Waals surface area contributed by atoms with E-state index in [2.05, 4.69) is 15.0 Å². The summed E-state index contributed by atoms with van der Waals surface area (Å²) in [6.07, 6.45) is -4.16. The van der Waals surface area contributed by atoms with Gasteiger partial charge in [-0.2, -0.15) is 24.5 Å². The number of ether oxygens (including phenoxy) is 1. The zero-order chi connectivity index (χ0) is 16.9. The molecule has 0 aliphatic heterocycles. The summed E-state index contributed by atoms with van der Waals surface area (Å²) < 4.78 is 41.2. The van der Waals surface area contributed by atoms with Gasteiger partial charge in [0.05, 0.1) is 6.10 Å². The Balaban J connectivity index is 1.99. The number of carbonyl (C=O) groups is 1. The minimum absolute atomic E-state index is 0.0924. The van der Waals surface area contributed by atoms with E-state index >= 15 is 0 Å². The second-order valence-electron chi connectivity index (χ2n) is 4.54. The van der Waals surface area contributed by atoms with E-state index in [1.807, 2.05) is 0 Å². The summed E-state index contributed by atoms with van der Waals surface area (Å²) in [6.45, 7) is -1.61. The number of halogens is 3. The summed E-state index contributed by atoms with van der Waals surface area (Å²) in [5.41, 5.74) is 0.374. The molecule has 1 unspecified atom stereocenters. The average Bonchev–Trinajstić information content (AvgIpc) is 3.04. The zero-order valence-electron chi connectivity index (χ0n) is 11.7. The quantitative estimate of drug-likeness (QED) is 0.843. The Bertz CT molecular complexity index is 647. The molecule has 9 heteroatoms. The molecule has 0 saturated heterocycles. The van der Waals surface area contributed by atoms with Gasteiger partial charge in [-0.1, -0.05) is 0 Å². The number of carbonyl (C=O) groups excluding carboxylic acids is 1. The molecule has 0 radical (unpaired) electrons. The molecule has 2 N–H and O–H groups in total. The van der Waals surface area contributed by atoms with Crippen LogP contribution >= 0.6 is 11.3 Å². The third-order valence-electron chi connectivity index (χ3n) is 2.76. The first-order valence-corrected chi connectivity index (χ1v) is 7.44. The first kappa shape index (κ1) is 17.2. The molecule has 1 atom stereocenters. The third-order valence-corrected chi connectivity index (χ3v) is 3.46. The van der Waals surface area contributed by atoms with Gasteiger partial charge in [-0.3, -0.25) is 4.79 Å². The van der Waals surface area contributed by atoms with Crippen LogP contribution in [0.1, 0.15) is 22.2 Å². The molecule has 124 valence electrons. The van der Waals surface area contributed by atoms with Crippen LogP contribution in [-0.4, -0.2) is 35.3 Å². The number of rotatable bonds is 6. The maximum absolute atomic E-state index is 12.2. The lowest BCUT2D eigenvalue weighted by atomic mass is 10.2. The van der Waals surface area contributed by atoms with Gasteiger partial charge in [0.1, 0.15) is 0 Å². The molecule has 1 amide bonds. The normalized spacial score (nSPS) is 12.7. The van der Waals surface area contributed by atoms with Gasteiger partial charge < -0.3 is 15.2 Å². The van der Waals surface area contributed by atoms with Gasteiger partial charge in [-0.15, -0.1) is 0 Å². The number of pyridine rings is 1. The molecule has 23 heavy (non-hydrogen) atoms. The summed E-state index contributed by atoms with van der Waals surface area (Å²) in [6, 6.07) is 4.30. The van der Waals surface area contributed by atoms with Crippen molar-refractivity contribution < 1.29 is 27.8 Å². The molecule has 0 aliphatic carbocycles. The molecule has 2 heterocycles. The molecule has 0 saturated carbocycles. The van der Waals surface area contributed by atoms with Crippen LogP contribution in [0.15, 0.2) is 35.2 Å². The average molecular weight is 346 g/mol. The SMILES string of the molecule is O=C(NCC(O)c1ccsc1)c1ncccc1OCC(F)(F)F. The molecular formula is C14H13F3N2O3S. The highest BCUT2D eigenvalue weighted by atomic mass is 32.1. The number of hydrogen-bond acceptors (Lipinski definition) is 5. The molecule has 0 bridgehead atoms. The highest BCUT2D eigenvalue weighted by molar-refractivity contribution is 7.07. The summed E-state index contributed by atoms with van der Waals surface area (Å²) >= 11 is 1.40. The number of amides is 1. The fourth-order valence-corrected chi connectivity index (χ4v) is 2.40. The van der Waals surface area contributed by atoms with Crippen LogP contribution < -0.4 is 10.1 Å². The van der Waals surface area contributed by atoms with E-state index < -0.39 is 24.8 Å². The van der Waals surface area contributed by atoms with Crippen molar-refractivity contribution >= 4 is 17.2 Å². The van der Waals surface area contributed by atoms with Crippen LogP contribution in [0.3, 0.4) is 0 Å². The summed E-state index contributed by atoms with van der Waals surface area (Å²) in [5, 5.41) is 15.8. The Hall–Kier alpha value is -2.13. The lowest BCUT2D eigenvalue weighted by Gasteiger charge is -2.13. The molecule has 0 aliphatic rings. The van der Waals surface area contributed by atoms with E-state index in [1.165, 1.54) is 29.7 Å². The first-order chi connectivity index (χ1) is 10.9. The van der Waals surface area contributed by atoms with E-state index in [0.29, 0.717) is 5.56 Å². The van der Waals surface area contributed by atoms with Gasteiger partial charge in [0, 0.05) is 12.7 Å². The van der Waals surface area contributed by atoms with Crippen molar-refractivity contribution in [2.24, 2.45) is 0 Å². The van der Waals surface area contributed by atoms with Crippen LogP contribution in [0, 0.1) is 0 Å².